The van der Waals surface area contributed by atoms with E-state index >= 15 is 0 Å². The van der Waals surface area contributed by atoms with Gasteiger partial charge in [0.25, 0.3) is 11.8 Å². The van der Waals surface area contributed by atoms with Crippen molar-refractivity contribution in [1.29, 1.82) is 0 Å². The van der Waals surface area contributed by atoms with Gasteiger partial charge in [0, 0.05) is 13.1 Å². The summed E-state index contributed by atoms with van der Waals surface area (Å²) in [6.07, 6.45) is 3.24. The number of likely N-dealkylation sites (tertiary alicyclic amines) is 1. The largest absolute Gasteiger partial charge is 0.339 e. The summed E-state index contributed by atoms with van der Waals surface area (Å²) in [5.41, 5.74) is 1.14. The number of carbonyl (C=O) groups excluding carboxylic acids is 2. The molecular formula is C20H25N3O2S. The first-order valence-corrected chi connectivity index (χ1v) is 9.94. The number of thiophene rings is 1. The van der Waals surface area contributed by atoms with Crippen LogP contribution in [-0.4, -0.2) is 43.4 Å². The van der Waals surface area contributed by atoms with Crippen LogP contribution in [-0.2, 0) is 0 Å². The molecule has 1 aliphatic rings. The molecule has 0 bridgehead atoms. The Bertz CT molecular complexity index is 737. The Morgan fingerprint density at radius 3 is 2.62 bits per heavy atom. The zero-order chi connectivity index (χ0) is 18.4. The van der Waals surface area contributed by atoms with Gasteiger partial charge in [-0.2, -0.15) is 0 Å². The van der Waals surface area contributed by atoms with Gasteiger partial charge in [-0.25, -0.2) is 0 Å². The van der Waals surface area contributed by atoms with Crippen LogP contribution >= 0.6 is 11.3 Å². The van der Waals surface area contributed by atoms with Crippen molar-refractivity contribution in [3.63, 3.8) is 0 Å². The third kappa shape index (κ3) is 4.51. The van der Waals surface area contributed by atoms with Crippen molar-refractivity contribution in [2.75, 3.05) is 32.0 Å². The maximum atomic E-state index is 13.0. The minimum atomic E-state index is -0.175. The fourth-order valence-corrected chi connectivity index (χ4v) is 3.93. The average molecular weight is 372 g/mol. The summed E-state index contributed by atoms with van der Waals surface area (Å²) < 4.78 is 0. The van der Waals surface area contributed by atoms with Gasteiger partial charge < -0.3 is 15.5 Å². The third-order valence-electron chi connectivity index (χ3n) is 4.85. The van der Waals surface area contributed by atoms with E-state index in [9.17, 15) is 9.59 Å². The maximum Gasteiger partial charge on any atom is 0.265 e. The van der Waals surface area contributed by atoms with Gasteiger partial charge in [-0.15, -0.1) is 11.3 Å². The van der Waals surface area contributed by atoms with E-state index in [-0.39, 0.29) is 11.8 Å². The van der Waals surface area contributed by atoms with Crippen LogP contribution in [0.25, 0.3) is 0 Å². The standard InChI is InChI=1S/C20H25N3O2S/c1-21-11-8-15-9-12-23(13-10-15)20(25)16-5-2-3-6-17(16)22-19(24)18-7-4-14-26-18/h2-7,14-15,21H,8-13H2,1H3,(H,22,24). The lowest BCUT2D eigenvalue weighted by atomic mass is 9.93. The van der Waals surface area contributed by atoms with Crippen LogP contribution < -0.4 is 10.6 Å². The lowest BCUT2D eigenvalue weighted by Crippen LogP contribution is -2.39. The highest BCUT2D eigenvalue weighted by molar-refractivity contribution is 7.12. The van der Waals surface area contributed by atoms with Crippen molar-refractivity contribution in [3.05, 3.63) is 52.2 Å². The minimum Gasteiger partial charge on any atom is -0.339 e. The molecule has 138 valence electrons. The average Bonchev–Trinajstić information content (AvgIpc) is 3.22. The monoisotopic (exact) mass is 371 g/mol. The normalized spacial score (nSPS) is 15.0. The number of piperidine rings is 1. The van der Waals surface area contributed by atoms with Crippen molar-refractivity contribution < 1.29 is 9.59 Å². The van der Waals surface area contributed by atoms with Crippen molar-refractivity contribution in [2.24, 2.45) is 5.92 Å². The fourth-order valence-electron chi connectivity index (χ4n) is 3.31. The molecule has 26 heavy (non-hydrogen) atoms. The summed E-state index contributed by atoms with van der Waals surface area (Å²) in [5, 5.41) is 7.94. The quantitative estimate of drug-likeness (QED) is 0.817. The van der Waals surface area contributed by atoms with Crippen molar-refractivity contribution in [2.45, 2.75) is 19.3 Å². The van der Waals surface area contributed by atoms with Gasteiger partial charge in [0.15, 0.2) is 0 Å². The predicted molar refractivity (Wildman–Crippen MR) is 106 cm³/mol. The summed E-state index contributed by atoms with van der Waals surface area (Å²) in [6.45, 7) is 2.58. The van der Waals surface area contributed by atoms with E-state index in [1.807, 2.05) is 35.5 Å². The second-order valence-electron chi connectivity index (χ2n) is 6.60. The van der Waals surface area contributed by atoms with Gasteiger partial charge in [-0.3, -0.25) is 9.59 Å². The van der Waals surface area contributed by atoms with E-state index in [2.05, 4.69) is 10.6 Å². The molecule has 2 N–H and O–H groups in total. The molecule has 0 atom stereocenters. The summed E-state index contributed by atoms with van der Waals surface area (Å²) in [4.78, 5) is 27.9. The molecule has 0 spiro atoms. The molecule has 6 heteroatoms. The van der Waals surface area contributed by atoms with E-state index in [4.69, 9.17) is 0 Å². The molecule has 3 rings (SSSR count). The molecule has 1 aromatic carbocycles. The summed E-state index contributed by atoms with van der Waals surface area (Å²) in [5.74, 6) is 0.505. The van der Waals surface area contributed by atoms with Crippen LogP contribution in [0.2, 0.25) is 0 Å². The molecule has 2 aromatic rings. The van der Waals surface area contributed by atoms with Crippen LogP contribution in [0.1, 0.15) is 39.3 Å². The van der Waals surface area contributed by atoms with Gasteiger partial charge in [0.1, 0.15) is 0 Å². The molecule has 1 saturated heterocycles. The van der Waals surface area contributed by atoms with Crippen molar-refractivity contribution in [3.8, 4) is 0 Å². The SMILES string of the molecule is CNCCC1CCN(C(=O)c2ccccc2NC(=O)c2cccs2)CC1. The van der Waals surface area contributed by atoms with E-state index in [1.165, 1.54) is 11.3 Å². The van der Waals surface area contributed by atoms with Gasteiger partial charge in [0.2, 0.25) is 0 Å². The van der Waals surface area contributed by atoms with Crippen LogP contribution in [0.3, 0.4) is 0 Å². The third-order valence-corrected chi connectivity index (χ3v) is 5.72. The van der Waals surface area contributed by atoms with E-state index < -0.39 is 0 Å². The minimum absolute atomic E-state index is 0.000791. The van der Waals surface area contributed by atoms with Gasteiger partial charge >= 0.3 is 0 Å². The highest BCUT2D eigenvalue weighted by atomic mass is 32.1. The van der Waals surface area contributed by atoms with Crippen LogP contribution in [0.4, 0.5) is 5.69 Å². The molecule has 1 aliphatic heterocycles. The number of nitrogens with zero attached hydrogens (tertiary/aromatic N) is 1. The molecule has 5 nitrogen and oxygen atoms in total. The van der Waals surface area contributed by atoms with Gasteiger partial charge in [-0.05, 0) is 62.4 Å². The molecular weight excluding hydrogens is 346 g/mol. The number of carbonyl (C=O) groups is 2. The summed E-state index contributed by atoms with van der Waals surface area (Å²) >= 11 is 1.39. The molecule has 0 unspecified atom stereocenters. The second kappa shape index (κ2) is 8.96. The van der Waals surface area contributed by atoms with Crippen molar-refractivity contribution in [1.82, 2.24) is 10.2 Å². The first-order valence-electron chi connectivity index (χ1n) is 9.07. The number of para-hydroxylation sites is 1. The molecule has 2 amide bonds. The maximum absolute atomic E-state index is 13.0. The number of hydrogen-bond donors (Lipinski definition) is 2. The van der Waals surface area contributed by atoms with E-state index in [0.717, 1.165) is 38.9 Å². The van der Waals surface area contributed by atoms with Crippen LogP contribution in [0, 0.1) is 5.92 Å². The number of nitrogens with one attached hydrogen (secondary N) is 2. The van der Waals surface area contributed by atoms with Crippen LogP contribution in [0.15, 0.2) is 41.8 Å². The molecule has 1 fully saturated rings. The van der Waals surface area contributed by atoms with E-state index in [0.29, 0.717) is 22.0 Å². The second-order valence-corrected chi connectivity index (χ2v) is 7.55. The lowest BCUT2D eigenvalue weighted by Gasteiger charge is -2.32. The predicted octanol–water partition coefficient (Wildman–Crippen LogP) is 3.46. The van der Waals surface area contributed by atoms with Crippen LogP contribution in [0.5, 0.6) is 0 Å². The fraction of sp³-hybridized carbons (Fsp3) is 0.400. The smallest absolute Gasteiger partial charge is 0.265 e. The number of anilines is 1. The van der Waals surface area contributed by atoms with E-state index in [1.54, 1.807) is 18.2 Å². The topological polar surface area (TPSA) is 61.4 Å². The van der Waals surface area contributed by atoms with Gasteiger partial charge in [0.05, 0.1) is 16.1 Å². The Morgan fingerprint density at radius 1 is 1.15 bits per heavy atom. The Balaban J connectivity index is 1.66. The Labute approximate surface area is 158 Å². The Kier molecular flexibility index (Phi) is 6.41. The number of amides is 2. The number of hydrogen-bond acceptors (Lipinski definition) is 4. The first-order chi connectivity index (χ1) is 12.7. The number of rotatable bonds is 6. The molecule has 0 aliphatic carbocycles. The Hall–Kier alpha value is -2.18. The first kappa shape index (κ1) is 18.6. The zero-order valence-electron chi connectivity index (χ0n) is 15.0. The zero-order valence-corrected chi connectivity index (χ0v) is 15.8. The Morgan fingerprint density at radius 2 is 1.92 bits per heavy atom. The molecule has 1 aromatic heterocycles. The number of benzene rings is 1. The van der Waals surface area contributed by atoms with Gasteiger partial charge in [-0.1, -0.05) is 18.2 Å². The highest BCUT2D eigenvalue weighted by Crippen LogP contribution is 2.24. The lowest BCUT2D eigenvalue weighted by molar-refractivity contribution is 0.0688. The summed E-state index contributed by atoms with van der Waals surface area (Å²) in [7, 11) is 1.97. The molecule has 0 saturated carbocycles. The summed E-state index contributed by atoms with van der Waals surface area (Å²) in [6, 6.07) is 10.9. The highest BCUT2D eigenvalue weighted by Gasteiger charge is 2.25. The molecule has 0 radical (unpaired) electrons. The molecule has 2 heterocycles. The van der Waals surface area contributed by atoms with Crippen molar-refractivity contribution >= 4 is 28.8 Å².